The Bertz CT molecular complexity index is 93.6. The van der Waals surface area contributed by atoms with E-state index in [2.05, 4.69) is 13.8 Å². The predicted molar refractivity (Wildman–Crippen MR) is 38.6 cm³/mol. The molecule has 60 valence electrons. The number of nitrogens with zero attached hydrogens (tertiary/aromatic N) is 1. The third-order valence-electron chi connectivity index (χ3n) is 1.29. The molecule has 0 unspecified atom stereocenters. The van der Waals surface area contributed by atoms with Crippen LogP contribution >= 0.6 is 0 Å². The first kappa shape index (κ1) is 9.43. The second kappa shape index (κ2) is 5.23. The SMILES string of the molecule is CC(C)CCCN(O)C=O. The number of amides is 1. The van der Waals surface area contributed by atoms with Crippen molar-refractivity contribution in [2.75, 3.05) is 6.54 Å². The topological polar surface area (TPSA) is 40.5 Å². The van der Waals surface area contributed by atoms with Crippen molar-refractivity contribution >= 4 is 6.41 Å². The Morgan fingerprint density at radius 1 is 1.60 bits per heavy atom. The molecule has 0 aromatic carbocycles. The first-order chi connectivity index (χ1) is 4.66. The quantitative estimate of drug-likeness (QED) is 0.359. The zero-order chi connectivity index (χ0) is 7.98. The van der Waals surface area contributed by atoms with E-state index in [1.807, 2.05) is 0 Å². The van der Waals surface area contributed by atoms with Crippen molar-refractivity contribution < 1.29 is 10.0 Å². The van der Waals surface area contributed by atoms with Gasteiger partial charge in [-0.3, -0.25) is 10.0 Å². The second-order valence-electron chi connectivity index (χ2n) is 2.80. The molecule has 0 atom stereocenters. The van der Waals surface area contributed by atoms with Crippen LogP contribution in [0.4, 0.5) is 0 Å². The standard InChI is InChI=1S/C7H15NO2/c1-7(2)4-3-5-8(10)6-9/h6-7,10H,3-5H2,1-2H3. The summed E-state index contributed by atoms with van der Waals surface area (Å²) in [5, 5.41) is 9.32. The summed E-state index contributed by atoms with van der Waals surface area (Å²) in [5.74, 6) is 0.639. The molecule has 3 heteroatoms. The van der Waals surface area contributed by atoms with Gasteiger partial charge in [0.05, 0.1) is 0 Å². The average Bonchev–Trinajstić information content (AvgIpc) is 1.87. The van der Waals surface area contributed by atoms with Crippen LogP contribution in [-0.2, 0) is 4.79 Å². The minimum Gasteiger partial charge on any atom is -0.286 e. The van der Waals surface area contributed by atoms with Gasteiger partial charge in [0, 0.05) is 6.54 Å². The minimum atomic E-state index is 0.431. The van der Waals surface area contributed by atoms with Gasteiger partial charge in [0.1, 0.15) is 0 Å². The number of hydroxylamine groups is 2. The molecule has 1 N–H and O–H groups in total. The molecular weight excluding hydrogens is 130 g/mol. The summed E-state index contributed by atoms with van der Waals surface area (Å²) in [5.41, 5.74) is 0. The first-order valence-corrected chi connectivity index (χ1v) is 3.57. The van der Waals surface area contributed by atoms with E-state index in [1.165, 1.54) is 0 Å². The van der Waals surface area contributed by atoms with E-state index in [0.717, 1.165) is 12.8 Å². The van der Waals surface area contributed by atoms with Crippen molar-refractivity contribution in [3.63, 3.8) is 0 Å². The normalized spacial score (nSPS) is 10.0. The second-order valence-corrected chi connectivity index (χ2v) is 2.80. The smallest absolute Gasteiger partial charge is 0.233 e. The molecule has 0 radical (unpaired) electrons. The van der Waals surface area contributed by atoms with Gasteiger partial charge >= 0.3 is 0 Å². The summed E-state index contributed by atoms with van der Waals surface area (Å²) >= 11 is 0. The van der Waals surface area contributed by atoms with Crippen molar-refractivity contribution in [1.82, 2.24) is 5.06 Å². The van der Waals surface area contributed by atoms with E-state index in [1.54, 1.807) is 0 Å². The molecule has 0 saturated carbocycles. The molecule has 3 nitrogen and oxygen atoms in total. The number of hydrogen-bond acceptors (Lipinski definition) is 2. The van der Waals surface area contributed by atoms with Crippen molar-refractivity contribution in [2.24, 2.45) is 5.92 Å². The summed E-state index contributed by atoms with van der Waals surface area (Å²) in [6, 6.07) is 0. The summed E-state index contributed by atoms with van der Waals surface area (Å²) < 4.78 is 0. The molecule has 0 aromatic heterocycles. The summed E-state index contributed by atoms with van der Waals surface area (Å²) in [7, 11) is 0. The molecule has 0 bridgehead atoms. The lowest BCUT2D eigenvalue weighted by Gasteiger charge is -2.08. The maximum Gasteiger partial charge on any atom is 0.233 e. The van der Waals surface area contributed by atoms with Gasteiger partial charge in [0.2, 0.25) is 6.41 Å². The van der Waals surface area contributed by atoms with Crippen LogP contribution < -0.4 is 0 Å². The molecule has 0 fully saturated rings. The molecular formula is C7H15NO2. The van der Waals surface area contributed by atoms with Crippen LogP contribution in [0.2, 0.25) is 0 Å². The molecule has 0 saturated heterocycles. The molecule has 0 aliphatic carbocycles. The van der Waals surface area contributed by atoms with Crippen LogP contribution in [0.5, 0.6) is 0 Å². The van der Waals surface area contributed by atoms with Crippen molar-refractivity contribution in [2.45, 2.75) is 26.7 Å². The molecule has 0 aliphatic rings. The van der Waals surface area contributed by atoms with E-state index in [9.17, 15) is 4.79 Å². The maximum absolute atomic E-state index is 9.86. The van der Waals surface area contributed by atoms with Crippen LogP contribution in [0.3, 0.4) is 0 Å². The summed E-state index contributed by atoms with van der Waals surface area (Å²) in [6.07, 6.45) is 2.35. The van der Waals surface area contributed by atoms with Gasteiger partial charge in [0.25, 0.3) is 0 Å². The van der Waals surface area contributed by atoms with Crippen LogP contribution in [0, 0.1) is 5.92 Å². The highest BCUT2D eigenvalue weighted by Crippen LogP contribution is 2.02. The zero-order valence-corrected chi connectivity index (χ0v) is 6.58. The van der Waals surface area contributed by atoms with Crippen LogP contribution in [0.1, 0.15) is 26.7 Å². The number of carbonyl (C=O) groups excluding carboxylic acids is 1. The van der Waals surface area contributed by atoms with Gasteiger partial charge in [-0.25, -0.2) is 5.06 Å². The Hall–Kier alpha value is -0.570. The minimum absolute atomic E-state index is 0.431. The van der Waals surface area contributed by atoms with Gasteiger partial charge in [-0.05, 0) is 18.8 Å². The van der Waals surface area contributed by atoms with E-state index < -0.39 is 0 Å². The number of hydrogen-bond donors (Lipinski definition) is 1. The molecule has 0 aromatic rings. The van der Waals surface area contributed by atoms with Crippen molar-refractivity contribution in [3.05, 3.63) is 0 Å². The lowest BCUT2D eigenvalue weighted by Crippen LogP contribution is -2.18. The lowest BCUT2D eigenvalue weighted by molar-refractivity contribution is -0.149. The van der Waals surface area contributed by atoms with Gasteiger partial charge in [-0.1, -0.05) is 13.8 Å². The number of carbonyl (C=O) groups is 1. The molecule has 0 aliphatic heterocycles. The van der Waals surface area contributed by atoms with E-state index in [-0.39, 0.29) is 0 Å². The Kier molecular flexibility index (Phi) is 4.94. The molecule has 0 heterocycles. The Morgan fingerprint density at radius 3 is 2.60 bits per heavy atom. The monoisotopic (exact) mass is 145 g/mol. The van der Waals surface area contributed by atoms with E-state index >= 15 is 0 Å². The van der Waals surface area contributed by atoms with E-state index in [4.69, 9.17) is 5.21 Å². The lowest BCUT2D eigenvalue weighted by atomic mass is 10.1. The Balaban J connectivity index is 3.11. The zero-order valence-electron chi connectivity index (χ0n) is 6.58. The van der Waals surface area contributed by atoms with E-state index in [0.29, 0.717) is 23.9 Å². The largest absolute Gasteiger partial charge is 0.286 e. The maximum atomic E-state index is 9.86. The van der Waals surface area contributed by atoms with Crippen molar-refractivity contribution in [3.8, 4) is 0 Å². The van der Waals surface area contributed by atoms with Crippen LogP contribution in [0.15, 0.2) is 0 Å². The fourth-order valence-electron chi connectivity index (χ4n) is 0.714. The fourth-order valence-corrected chi connectivity index (χ4v) is 0.714. The van der Waals surface area contributed by atoms with Gasteiger partial charge < -0.3 is 0 Å². The summed E-state index contributed by atoms with van der Waals surface area (Å²) in [4.78, 5) is 9.86. The first-order valence-electron chi connectivity index (χ1n) is 3.57. The number of rotatable bonds is 5. The van der Waals surface area contributed by atoms with Gasteiger partial charge in [0.15, 0.2) is 0 Å². The molecule has 1 amide bonds. The Labute approximate surface area is 61.6 Å². The van der Waals surface area contributed by atoms with Gasteiger partial charge in [-0.2, -0.15) is 0 Å². The third-order valence-corrected chi connectivity index (χ3v) is 1.29. The highest BCUT2D eigenvalue weighted by molar-refractivity contribution is 5.44. The fraction of sp³-hybridized carbons (Fsp3) is 0.857. The van der Waals surface area contributed by atoms with Gasteiger partial charge in [-0.15, -0.1) is 0 Å². The summed E-state index contributed by atoms with van der Waals surface area (Å²) in [6.45, 7) is 4.67. The average molecular weight is 145 g/mol. The molecule has 0 spiro atoms. The molecule has 10 heavy (non-hydrogen) atoms. The van der Waals surface area contributed by atoms with Crippen molar-refractivity contribution in [1.29, 1.82) is 0 Å². The highest BCUT2D eigenvalue weighted by atomic mass is 16.5. The predicted octanol–water partition coefficient (Wildman–Crippen LogP) is 1.27. The highest BCUT2D eigenvalue weighted by Gasteiger charge is 1.97. The van der Waals surface area contributed by atoms with Crippen LogP contribution in [-0.4, -0.2) is 23.2 Å². The van der Waals surface area contributed by atoms with Crippen LogP contribution in [0.25, 0.3) is 0 Å². The molecule has 0 rings (SSSR count). The third kappa shape index (κ3) is 5.56. The Morgan fingerprint density at radius 2 is 2.20 bits per heavy atom.